The van der Waals surface area contributed by atoms with E-state index in [1.807, 2.05) is 18.2 Å². The molecule has 1 aromatic heterocycles. The van der Waals surface area contributed by atoms with Crippen molar-refractivity contribution in [2.45, 2.75) is 25.3 Å². The van der Waals surface area contributed by atoms with Crippen LogP contribution in [0.3, 0.4) is 0 Å². The molecule has 13 heteroatoms. The zero-order valence-corrected chi connectivity index (χ0v) is 24.6. The Hall–Kier alpha value is -3.16. The fourth-order valence-electron chi connectivity index (χ4n) is 5.31. The molecule has 2 saturated heterocycles. The monoisotopic (exact) mass is 633 g/mol. The van der Waals surface area contributed by atoms with Gasteiger partial charge in [0, 0.05) is 60.8 Å². The number of amides is 2. The highest BCUT2D eigenvalue weighted by Crippen LogP contribution is 2.33. The summed E-state index contributed by atoms with van der Waals surface area (Å²) in [4.78, 5) is 33.8. The van der Waals surface area contributed by atoms with Gasteiger partial charge in [0.15, 0.2) is 0 Å². The third-order valence-electron chi connectivity index (χ3n) is 7.50. The molecule has 0 atom stereocenters. The van der Waals surface area contributed by atoms with Gasteiger partial charge in [-0.25, -0.2) is 13.2 Å². The number of carbonyl (C=O) groups excluding carboxylic acids is 2. The van der Waals surface area contributed by atoms with Crippen molar-refractivity contribution in [3.8, 4) is 5.75 Å². The van der Waals surface area contributed by atoms with Gasteiger partial charge in [-0.15, -0.1) is 0 Å². The largest absolute Gasteiger partial charge is 0.487 e. The molecule has 3 aliphatic heterocycles. The SMILES string of the molecule is CCOC(=O)NC1(CN2CCN(S(=O)(=O)C3=Cc4ccc(Br)cc4OC3)CC2=O)CCN(c2ccncc2)CC1. The Bertz CT molecular complexity index is 1400. The number of fused-ring (bicyclic) bond motifs is 1. The van der Waals surface area contributed by atoms with Crippen molar-refractivity contribution in [1.29, 1.82) is 0 Å². The Morgan fingerprint density at radius 1 is 1.15 bits per heavy atom. The molecule has 214 valence electrons. The Kier molecular flexibility index (Phi) is 8.34. The molecule has 4 heterocycles. The van der Waals surface area contributed by atoms with Crippen LogP contribution in [0.4, 0.5) is 10.5 Å². The Morgan fingerprint density at radius 2 is 1.90 bits per heavy atom. The minimum Gasteiger partial charge on any atom is -0.487 e. The first-order chi connectivity index (χ1) is 19.2. The minimum atomic E-state index is -3.90. The normalized spacial score (nSPS) is 19.4. The highest BCUT2D eigenvalue weighted by Gasteiger charge is 2.42. The standard InChI is InChI=1S/C27H32BrN5O6S/c1-2-38-26(35)30-27(7-11-31(12-8-27)22-5-9-29-10-6-22)19-32-13-14-33(17-25(32)34)40(36,37)23-15-20-3-4-21(28)16-24(20)39-18-23/h3-6,9-10,15-16H,2,7-8,11-14,17-19H2,1H3,(H,30,35). The van der Waals surface area contributed by atoms with E-state index in [4.69, 9.17) is 9.47 Å². The van der Waals surface area contributed by atoms with Gasteiger partial charge in [-0.05, 0) is 50.1 Å². The van der Waals surface area contributed by atoms with E-state index in [1.165, 1.54) is 4.31 Å². The van der Waals surface area contributed by atoms with Crippen LogP contribution in [0.2, 0.25) is 0 Å². The number of alkyl carbamates (subject to hydrolysis) is 1. The lowest BCUT2D eigenvalue weighted by molar-refractivity contribution is -0.135. The lowest BCUT2D eigenvalue weighted by Crippen LogP contribution is -2.64. The van der Waals surface area contributed by atoms with Crippen molar-refractivity contribution in [2.75, 3.05) is 57.4 Å². The zero-order chi connectivity index (χ0) is 28.3. The number of anilines is 1. The number of aromatic nitrogens is 1. The van der Waals surface area contributed by atoms with Gasteiger partial charge in [-0.3, -0.25) is 9.78 Å². The van der Waals surface area contributed by atoms with Crippen LogP contribution in [0.5, 0.6) is 5.75 Å². The molecular formula is C27H32BrN5O6S. The number of sulfonamides is 1. The average Bonchev–Trinajstić information content (AvgIpc) is 2.94. The number of benzene rings is 1. The number of pyridine rings is 1. The molecule has 1 aromatic carbocycles. The first kappa shape index (κ1) is 28.4. The summed E-state index contributed by atoms with van der Waals surface area (Å²) >= 11 is 3.39. The molecular weight excluding hydrogens is 602 g/mol. The van der Waals surface area contributed by atoms with E-state index in [0.717, 1.165) is 10.2 Å². The molecule has 2 amide bonds. The maximum atomic E-state index is 13.4. The number of nitrogens with zero attached hydrogens (tertiary/aromatic N) is 4. The van der Waals surface area contributed by atoms with Gasteiger partial charge >= 0.3 is 6.09 Å². The first-order valence-electron chi connectivity index (χ1n) is 13.2. The summed E-state index contributed by atoms with van der Waals surface area (Å²) in [5, 5.41) is 3.02. The van der Waals surface area contributed by atoms with Gasteiger partial charge in [0.2, 0.25) is 15.9 Å². The van der Waals surface area contributed by atoms with E-state index in [1.54, 1.807) is 42.4 Å². The number of ether oxygens (including phenoxy) is 2. The smallest absolute Gasteiger partial charge is 0.407 e. The molecule has 0 aliphatic carbocycles. The van der Waals surface area contributed by atoms with Crippen LogP contribution in [-0.2, 0) is 19.6 Å². The molecule has 5 rings (SSSR count). The van der Waals surface area contributed by atoms with Crippen molar-refractivity contribution in [3.05, 3.63) is 57.7 Å². The number of piperazine rings is 1. The van der Waals surface area contributed by atoms with Crippen molar-refractivity contribution >= 4 is 49.7 Å². The van der Waals surface area contributed by atoms with E-state index in [9.17, 15) is 18.0 Å². The highest BCUT2D eigenvalue weighted by atomic mass is 79.9. The summed E-state index contributed by atoms with van der Waals surface area (Å²) in [6, 6.07) is 9.28. The van der Waals surface area contributed by atoms with Gasteiger partial charge in [-0.1, -0.05) is 22.0 Å². The molecule has 0 bridgehead atoms. The number of carbonyl (C=O) groups is 2. The average molecular weight is 635 g/mol. The van der Waals surface area contributed by atoms with Crippen LogP contribution in [0.25, 0.3) is 6.08 Å². The van der Waals surface area contributed by atoms with Crippen LogP contribution in [0.15, 0.2) is 52.1 Å². The van der Waals surface area contributed by atoms with Gasteiger partial charge in [-0.2, -0.15) is 4.31 Å². The van der Waals surface area contributed by atoms with Crippen LogP contribution in [0, 0.1) is 0 Å². The number of nitrogens with one attached hydrogen (secondary N) is 1. The zero-order valence-electron chi connectivity index (χ0n) is 22.2. The summed E-state index contributed by atoms with van der Waals surface area (Å²) in [5.41, 5.74) is 1.03. The maximum absolute atomic E-state index is 13.4. The number of halogens is 1. The molecule has 2 fully saturated rings. The topological polar surface area (TPSA) is 121 Å². The second kappa shape index (κ2) is 11.8. The highest BCUT2D eigenvalue weighted by molar-refractivity contribution is 9.10. The van der Waals surface area contributed by atoms with Gasteiger partial charge in [0.25, 0.3) is 0 Å². The van der Waals surface area contributed by atoms with E-state index >= 15 is 0 Å². The minimum absolute atomic E-state index is 0.0965. The van der Waals surface area contributed by atoms with E-state index in [-0.39, 0.29) is 50.2 Å². The van der Waals surface area contributed by atoms with E-state index in [0.29, 0.717) is 37.2 Å². The Labute approximate surface area is 242 Å². The van der Waals surface area contributed by atoms with Crippen molar-refractivity contribution in [2.24, 2.45) is 0 Å². The number of rotatable bonds is 7. The van der Waals surface area contributed by atoms with Crippen molar-refractivity contribution in [1.82, 2.24) is 19.5 Å². The third kappa shape index (κ3) is 6.11. The molecule has 3 aliphatic rings. The molecule has 0 spiro atoms. The van der Waals surface area contributed by atoms with Crippen molar-refractivity contribution < 1.29 is 27.5 Å². The lowest BCUT2D eigenvalue weighted by atomic mass is 9.86. The number of piperidine rings is 1. The molecule has 0 radical (unpaired) electrons. The predicted octanol–water partition coefficient (Wildman–Crippen LogP) is 2.84. The van der Waals surface area contributed by atoms with Crippen LogP contribution in [-0.4, -0.2) is 92.6 Å². The third-order valence-corrected chi connectivity index (χ3v) is 9.88. The molecule has 40 heavy (non-hydrogen) atoms. The van der Waals surface area contributed by atoms with Gasteiger partial charge in [0.05, 0.1) is 23.6 Å². The number of hydrogen-bond acceptors (Lipinski definition) is 8. The Balaban J connectivity index is 1.27. The molecule has 2 aromatic rings. The second-order valence-corrected chi connectivity index (χ2v) is 13.0. The maximum Gasteiger partial charge on any atom is 0.407 e. The Morgan fingerprint density at radius 3 is 2.60 bits per heavy atom. The van der Waals surface area contributed by atoms with E-state index in [2.05, 4.69) is 31.1 Å². The van der Waals surface area contributed by atoms with Crippen LogP contribution < -0.4 is 15.0 Å². The second-order valence-electron chi connectivity index (χ2n) is 10.1. The summed E-state index contributed by atoms with van der Waals surface area (Å²) in [5.74, 6) is 0.293. The molecule has 0 saturated carbocycles. The van der Waals surface area contributed by atoms with E-state index < -0.39 is 21.7 Å². The van der Waals surface area contributed by atoms with Gasteiger partial charge in [0.1, 0.15) is 12.4 Å². The van der Waals surface area contributed by atoms with Crippen LogP contribution in [0.1, 0.15) is 25.3 Å². The molecule has 11 nitrogen and oxygen atoms in total. The summed E-state index contributed by atoms with van der Waals surface area (Å²) < 4.78 is 39.8. The first-order valence-corrected chi connectivity index (χ1v) is 15.4. The van der Waals surface area contributed by atoms with Crippen LogP contribution >= 0.6 is 15.9 Å². The number of hydrogen-bond donors (Lipinski definition) is 1. The summed E-state index contributed by atoms with van der Waals surface area (Å²) in [6.45, 7) is 3.60. The predicted molar refractivity (Wildman–Crippen MR) is 153 cm³/mol. The fraction of sp³-hybridized carbons (Fsp3) is 0.444. The van der Waals surface area contributed by atoms with Crippen molar-refractivity contribution in [3.63, 3.8) is 0 Å². The lowest BCUT2D eigenvalue weighted by Gasteiger charge is -2.46. The van der Waals surface area contributed by atoms with Gasteiger partial charge < -0.3 is 24.6 Å². The fourth-order valence-corrected chi connectivity index (χ4v) is 7.07. The molecule has 1 N–H and O–H groups in total. The quantitative estimate of drug-likeness (QED) is 0.494. The molecule has 0 unspecified atom stereocenters. The summed E-state index contributed by atoms with van der Waals surface area (Å²) in [7, 11) is -3.90. The summed E-state index contributed by atoms with van der Waals surface area (Å²) in [6.07, 6.45) is 5.76.